The van der Waals surface area contributed by atoms with E-state index in [2.05, 4.69) is 25.9 Å². The van der Waals surface area contributed by atoms with Crippen molar-refractivity contribution in [1.82, 2.24) is 9.97 Å². The molecule has 1 heterocycles. The summed E-state index contributed by atoms with van der Waals surface area (Å²) >= 11 is 3.21. The minimum Gasteiger partial charge on any atom is -0.336 e. The number of benzene rings is 1. The molecule has 2 aromatic rings. The van der Waals surface area contributed by atoms with Gasteiger partial charge >= 0.3 is 0 Å². The molecule has 0 amide bonds. The van der Waals surface area contributed by atoms with Crippen LogP contribution in [0, 0.1) is 5.82 Å². The number of nitrogens with one attached hydrogen (secondary N) is 1. The molecule has 82 valence electrons. The van der Waals surface area contributed by atoms with E-state index in [9.17, 15) is 9.18 Å². The van der Waals surface area contributed by atoms with Gasteiger partial charge in [-0.1, -0.05) is 0 Å². The normalized spacial score (nSPS) is 10.4. The summed E-state index contributed by atoms with van der Waals surface area (Å²) in [5, 5.41) is 0. The topological polar surface area (TPSA) is 45.8 Å². The second-order valence-electron chi connectivity index (χ2n) is 3.28. The average Bonchev–Trinajstić information content (AvgIpc) is 2.65. The van der Waals surface area contributed by atoms with E-state index in [1.54, 1.807) is 6.20 Å². The summed E-state index contributed by atoms with van der Waals surface area (Å²) in [4.78, 5) is 18.6. The van der Waals surface area contributed by atoms with Crippen LogP contribution >= 0.6 is 15.9 Å². The van der Waals surface area contributed by atoms with Crippen molar-refractivity contribution in [3.8, 4) is 0 Å². The second kappa shape index (κ2) is 4.57. The molecule has 1 N–H and O–H groups in total. The number of ketones is 1. The lowest BCUT2D eigenvalue weighted by atomic mass is 10.1. The lowest BCUT2D eigenvalue weighted by Crippen LogP contribution is -2.04. The van der Waals surface area contributed by atoms with E-state index < -0.39 is 0 Å². The quantitative estimate of drug-likeness (QED) is 0.880. The van der Waals surface area contributed by atoms with Crippen molar-refractivity contribution >= 4 is 21.7 Å². The van der Waals surface area contributed by atoms with E-state index in [0.29, 0.717) is 11.4 Å². The van der Waals surface area contributed by atoms with E-state index in [-0.39, 0.29) is 18.0 Å². The van der Waals surface area contributed by atoms with Crippen LogP contribution in [0.3, 0.4) is 0 Å². The SMILES string of the molecule is O=C(Cc1ncc(Br)[nH]1)c1ccc(F)cc1. The van der Waals surface area contributed by atoms with Crippen LogP contribution in [0.4, 0.5) is 4.39 Å². The number of carbonyl (C=O) groups is 1. The Bertz CT molecular complexity index is 507. The zero-order valence-electron chi connectivity index (χ0n) is 8.21. The second-order valence-corrected chi connectivity index (χ2v) is 4.14. The summed E-state index contributed by atoms with van der Waals surface area (Å²) in [5.74, 6) is 0.139. The van der Waals surface area contributed by atoms with Gasteiger partial charge in [-0.2, -0.15) is 0 Å². The summed E-state index contributed by atoms with van der Waals surface area (Å²) < 4.78 is 13.4. The van der Waals surface area contributed by atoms with Crippen molar-refractivity contribution in [2.45, 2.75) is 6.42 Å². The van der Waals surface area contributed by atoms with Gasteiger partial charge in [0.05, 0.1) is 12.6 Å². The van der Waals surface area contributed by atoms with E-state index in [1.165, 1.54) is 24.3 Å². The molecule has 0 radical (unpaired) electrons. The largest absolute Gasteiger partial charge is 0.336 e. The molecule has 0 spiro atoms. The van der Waals surface area contributed by atoms with Crippen LogP contribution in [-0.4, -0.2) is 15.8 Å². The Kier molecular flexibility index (Phi) is 3.14. The van der Waals surface area contributed by atoms with Crippen molar-refractivity contribution in [2.24, 2.45) is 0 Å². The van der Waals surface area contributed by atoms with Crippen LogP contribution < -0.4 is 0 Å². The Labute approximate surface area is 99.8 Å². The summed E-state index contributed by atoms with van der Waals surface area (Å²) in [5.41, 5.74) is 0.480. The van der Waals surface area contributed by atoms with Crippen LogP contribution in [-0.2, 0) is 6.42 Å². The maximum atomic E-state index is 12.6. The molecule has 0 unspecified atom stereocenters. The first-order chi connectivity index (χ1) is 7.65. The van der Waals surface area contributed by atoms with Gasteiger partial charge in [0.15, 0.2) is 5.78 Å². The highest BCUT2D eigenvalue weighted by Gasteiger charge is 2.09. The van der Waals surface area contributed by atoms with Crippen LogP contribution in [0.2, 0.25) is 0 Å². The van der Waals surface area contributed by atoms with E-state index in [1.807, 2.05) is 0 Å². The molecule has 0 bridgehead atoms. The van der Waals surface area contributed by atoms with Gasteiger partial charge in [0.1, 0.15) is 16.2 Å². The number of nitrogens with zero attached hydrogens (tertiary/aromatic N) is 1. The van der Waals surface area contributed by atoms with Gasteiger partial charge in [-0.05, 0) is 40.2 Å². The number of carbonyl (C=O) groups excluding carboxylic acids is 1. The summed E-state index contributed by atoms with van der Waals surface area (Å²) in [7, 11) is 0. The Morgan fingerprint density at radius 2 is 2.06 bits per heavy atom. The zero-order valence-corrected chi connectivity index (χ0v) is 9.79. The van der Waals surface area contributed by atoms with Gasteiger partial charge in [-0.3, -0.25) is 4.79 Å². The van der Waals surface area contributed by atoms with Gasteiger partial charge < -0.3 is 4.98 Å². The number of Topliss-reactive ketones (excluding diaryl/α,β-unsaturated/α-hetero) is 1. The fourth-order valence-corrected chi connectivity index (χ4v) is 1.65. The number of H-pyrrole nitrogens is 1. The molecule has 0 aliphatic rings. The number of rotatable bonds is 3. The lowest BCUT2D eigenvalue weighted by molar-refractivity contribution is 0.0991. The maximum absolute atomic E-state index is 12.6. The molecule has 0 fully saturated rings. The number of aromatic nitrogens is 2. The minimum absolute atomic E-state index is 0.0955. The highest BCUT2D eigenvalue weighted by molar-refractivity contribution is 9.10. The van der Waals surface area contributed by atoms with E-state index >= 15 is 0 Å². The number of aromatic amines is 1. The molecule has 2 rings (SSSR count). The van der Waals surface area contributed by atoms with Gasteiger partial charge in [-0.25, -0.2) is 9.37 Å². The van der Waals surface area contributed by atoms with Crippen molar-refractivity contribution in [3.05, 3.63) is 52.3 Å². The minimum atomic E-state index is -0.350. The van der Waals surface area contributed by atoms with E-state index in [0.717, 1.165) is 4.60 Å². The molecule has 0 aliphatic carbocycles. The van der Waals surface area contributed by atoms with Crippen molar-refractivity contribution < 1.29 is 9.18 Å². The number of hydrogen-bond donors (Lipinski definition) is 1. The first-order valence-electron chi connectivity index (χ1n) is 4.63. The molecule has 5 heteroatoms. The van der Waals surface area contributed by atoms with E-state index in [4.69, 9.17) is 0 Å². The average molecular weight is 283 g/mol. The summed E-state index contributed by atoms with van der Waals surface area (Å²) in [6.45, 7) is 0. The lowest BCUT2D eigenvalue weighted by Gasteiger charge is -1.98. The van der Waals surface area contributed by atoms with Gasteiger partial charge in [-0.15, -0.1) is 0 Å². The Morgan fingerprint density at radius 3 is 2.62 bits per heavy atom. The monoisotopic (exact) mass is 282 g/mol. The third-order valence-electron chi connectivity index (χ3n) is 2.09. The molecular formula is C11H8BrFN2O. The first kappa shape index (κ1) is 11.0. The maximum Gasteiger partial charge on any atom is 0.170 e. The van der Waals surface area contributed by atoms with Gasteiger partial charge in [0, 0.05) is 5.56 Å². The molecule has 0 saturated carbocycles. The molecular weight excluding hydrogens is 275 g/mol. The number of halogens is 2. The molecule has 0 saturated heterocycles. The highest BCUT2D eigenvalue weighted by Crippen LogP contribution is 2.09. The van der Waals surface area contributed by atoms with Gasteiger partial charge in [0.25, 0.3) is 0 Å². The molecule has 0 aliphatic heterocycles. The van der Waals surface area contributed by atoms with Gasteiger partial charge in [0.2, 0.25) is 0 Å². The van der Waals surface area contributed by atoms with Crippen LogP contribution in [0.1, 0.15) is 16.2 Å². The predicted octanol–water partition coefficient (Wildman–Crippen LogP) is 2.74. The summed E-state index contributed by atoms with van der Waals surface area (Å²) in [6.07, 6.45) is 1.77. The fraction of sp³-hybridized carbons (Fsp3) is 0.0909. The van der Waals surface area contributed by atoms with Crippen molar-refractivity contribution in [1.29, 1.82) is 0 Å². The first-order valence-corrected chi connectivity index (χ1v) is 5.42. The Balaban J connectivity index is 2.11. The third-order valence-corrected chi connectivity index (χ3v) is 2.49. The van der Waals surface area contributed by atoms with Crippen molar-refractivity contribution in [3.63, 3.8) is 0 Å². The molecule has 1 aromatic carbocycles. The molecule has 3 nitrogen and oxygen atoms in total. The molecule has 1 aromatic heterocycles. The van der Waals surface area contributed by atoms with Crippen LogP contribution in [0.15, 0.2) is 35.1 Å². The van der Waals surface area contributed by atoms with Crippen LogP contribution in [0.25, 0.3) is 0 Å². The number of hydrogen-bond acceptors (Lipinski definition) is 2. The Morgan fingerprint density at radius 1 is 1.38 bits per heavy atom. The zero-order chi connectivity index (χ0) is 11.5. The molecule has 16 heavy (non-hydrogen) atoms. The molecule has 0 atom stereocenters. The summed E-state index contributed by atoms with van der Waals surface area (Å²) in [6, 6.07) is 5.47. The predicted molar refractivity (Wildman–Crippen MR) is 60.7 cm³/mol. The third kappa shape index (κ3) is 2.55. The highest BCUT2D eigenvalue weighted by atomic mass is 79.9. The number of imidazole rings is 1. The smallest absolute Gasteiger partial charge is 0.170 e. The standard InChI is InChI=1S/C11H8BrFN2O/c12-10-6-14-11(15-10)5-9(16)7-1-3-8(13)4-2-7/h1-4,6H,5H2,(H,14,15). The fourth-order valence-electron chi connectivity index (χ4n) is 1.32. The van der Waals surface area contributed by atoms with Crippen LogP contribution in [0.5, 0.6) is 0 Å². The van der Waals surface area contributed by atoms with Crippen molar-refractivity contribution in [2.75, 3.05) is 0 Å². The Hall–Kier alpha value is -1.49.